The Morgan fingerprint density at radius 3 is 2.23 bits per heavy atom. The van der Waals surface area contributed by atoms with Gasteiger partial charge in [0.2, 0.25) is 15.9 Å². The van der Waals surface area contributed by atoms with Gasteiger partial charge in [-0.05, 0) is 56.3 Å². The molecule has 26 heavy (non-hydrogen) atoms. The fourth-order valence-corrected chi connectivity index (χ4v) is 3.41. The molecule has 0 aliphatic carbocycles. The number of rotatable bonds is 3. The summed E-state index contributed by atoms with van der Waals surface area (Å²) in [5, 5.41) is 0. The van der Waals surface area contributed by atoms with E-state index in [9.17, 15) is 22.4 Å². The predicted octanol–water partition coefficient (Wildman–Crippen LogP) is 3.08. The van der Waals surface area contributed by atoms with Crippen LogP contribution >= 0.6 is 0 Å². The van der Waals surface area contributed by atoms with Crippen LogP contribution in [0.15, 0.2) is 42.5 Å². The fourth-order valence-electron chi connectivity index (χ4n) is 2.86. The maximum Gasteiger partial charge on any atom is 0.245 e. The highest BCUT2D eigenvalue weighted by atomic mass is 32.2. The van der Waals surface area contributed by atoms with E-state index in [2.05, 4.69) is 4.72 Å². The van der Waals surface area contributed by atoms with Crippen molar-refractivity contribution in [3.05, 3.63) is 53.8 Å². The van der Waals surface area contributed by atoms with Gasteiger partial charge in [0, 0.05) is 16.9 Å². The van der Waals surface area contributed by atoms with Gasteiger partial charge < -0.3 is 0 Å². The van der Waals surface area contributed by atoms with Gasteiger partial charge in [-0.25, -0.2) is 12.8 Å². The first-order valence-corrected chi connectivity index (χ1v) is 9.66. The Bertz CT molecular complexity index is 1010. The first-order valence-electron chi connectivity index (χ1n) is 7.77. The Morgan fingerprint density at radius 1 is 1.04 bits per heavy atom. The zero-order valence-electron chi connectivity index (χ0n) is 14.4. The topological polar surface area (TPSA) is 83.6 Å². The van der Waals surface area contributed by atoms with Crippen molar-refractivity contribution in [3.63, 3.8) is 0 Å². The van der Waals surface area contributed by atoms with Crippen molar-refractivity contribution in [1.82, 2.24) is 0 Å². The summed E-state index contributed by atoms with van der Waals surface area (Å²) in [6, 6.07) is 9.73. The zero-order valence-corrected chi connectivity index (χ0v) is 15.2. The summed E-state index contributed by atoms with van der Waals surface area (Å²) in [7, 11) is -3.51. The van der Waals surface area contributed by atoms with Gasteiger partial charge in [0.15, 0.2) is 5.78 Å². The third-order valence-electron chi connectivity index (χ3n) is 4.18. The predicted molar refractivity (Wildman–Crippen MR) is 96.6 cm³/mol. The van der Waals surface area contributed by atoms with Crippen LogP contribution < -0.4 is 9.62 Å². The highest BCUT2D eigenvalue weighted by Gasteiger charge is 2.46. The molecule has 3 rings (SSSR count). The van der Waals surface area contributed by atoms with Gasteiger partial charge in [-0.2, -0.15) is 0 Å². The van der Waals surface area contributed by atoms with Crippen LogP contribution in [-0.4, -0.2) is 26.4 Å². The Labute approximate surface area is 150 Å². The van der Waals surface area contributed by atoms with Crippen molar-refractivity contribution in [1.29, 1.82) is 0 Å². The average molecular weight is 376 g/mol. The van der Waals surface area contributed by atoms with Crippen molar-refractivity contribution < 1.29 is 22.4 Å². The monoisotopic (exact) mass is 376 g/mol. The van der Waals surface area contributed by atoms with Gasteiger partial charge in [-0.15, -0.1) is 0 Å². The number of carbonyl (C=O) groups is 2. The van der Waals surface area contributed by atoms with Crippen LogP contribution in [0.5, 0.6) is 0 Å². The Morgan fingerprint density at radius 2 is 1.65 bits per heavy atom. The summed E-state index contributed by atoms with van der Waals surface area (Å²) < 4.78 is 38.5. The molecule has 0 unspecified atom stereocenters. The van der Waals surface area contributed by atoms with Crippen LogP contribution in [-0.2, 0) is 14.8 Å². The second kappa shape index (κ2) is 5.91. The normalized spacial score (nSPS) is 16.4. The zero-order chi connectivity index (χ0) is 19.3. The van der Waals surface area contributed by atoms with Gasteiger partial charge in [-0.3, -0.25) is 19.2 Å². The molecule has 1 aliphatic heterocycles. The second-order valence-electron chi connectivity index (χ2n) is 6.68. The van der Waals surface area contributed by atoms with Crippen LogP contribution in [0, 0.1) is 11.2 Å². The van der Waals surface area contributed by atoms with E-state index in [-0.39, 0.29) is 11.3 Å². The molecule has 0 fully saturated rings. The highest BCUT2D eigenvalue weighted by Crippen LogP contribution is 2.42. The lowest BCUT2D eigenvalue weighted by molar-refractivity contribution is -0.124. The van der Waals surface area contributed by atoms with Crippen LogP contribution in [0.4, 0.5) is 21.5 Å². The van der Waals surface area contributed by atoms with E-state index in [1.165, 1.54) is 61.2 Å². The number of anilines is 3. The molecule has 0 bridgehead atoms. The Hall–Kier alpha value is -2.74. The molecule has 1 aliphatic rings. The van der Waals surface area contributed by atoms with E-state index >= 15 is 0 Å². The number of nitrogens with one attached hydrogen (secondary N) is 1. The average Bonchev–Trinajstić information content (AvgIpc) is 2.54. The van der Waals surface area contributed by atoms with Crippen LogP contribution in [0.1, 0.15) is 24.2 Å². The summed E-state index contributed by atoms with van der Waals surface area (Å²) in [5.41, 5.74) is -0.158. The number of carbonyl (C=O) groups excluding carboxylic acids is 2. The molecule has 1 N–H and O–H groups in total. The van der Waals surface area contributed by atoms with Crippen molar-refractivity contribution in [2.75, 3.05) is 15.9 Å². The molecule has 2 aromatic rings. The van der Waals surface area contributed by atoms with E-state index in [0.29, 0.717) is 11.4 Å². The lowest BCUT2D eigenvalue weighted by Gasteiger charge is -2.37. The van der Waals surface area contributed by atoms with Crippen LogP contribution in [0.3, 0.4) is 0 Å². The van der Waals surface area contributed by atoms with E-state index < -0.39 is 32.9 Å². The van der Waals surface area contributed by atoms with E-state index in [0.717, 1.165) is 6.26 Å². The number of fused-ring (bicyclic) bond motifs is 1. The van der Waals surface area contributed by atoms with Crippen molar-refractivity contribution in [2.24, 2.45) is 5.41 Å². The number of nitrogens with zero attached hydrogens (tertiary/aromatic N) is 1. The molecular formula is C18H17FN2O4S. The molecular weight excluding hydrogens is 359 g/mol. The van der Waals surface area contributed by atoms with E-state index in [1.807, 2.05) is 0 Å². The number of amides is 1. The van der Waals surface area contributed by atoms with Gasteiger partial charge >= 0.3 is 0 Å². The largest absolute Gasteiger partial charge is 0.293 e. The first kappa shape index (κ1) is 18.1. The van der Waals surface area contributed by atoms with Gasteiger partial charge in [0.25, 0.3) is 0 Å². The molecule has 8 heteroatoms. The molecule has 0 radical (unpaired) electrons. The van der Waals surface area contributed by atoms with Crippen molar-refractivity contribution >= 4 is 38.8 Å². The summed E-state index contributed by atoms with van der Waals surface area (Å²) in [6.45, 7) is 3.02. The van der Waals surface area contributed by atoms with Crippen LogP contribution in [0.25, 0.3) is 0 Å². The lowest BCUT2D eigenvalue weighted by atomic mass is 9.78. The molecule has 1 amide bonds. The highest BCUT2D eigenvalue weighted by molar-refractivity contribution is 7.92. The minimum atomic E-state index is -3.51. The quantitative estimate of drug-likeness (QED) is 0.835. The molecule has 136 valence electrons. The molecule has 0 saturated carbocycles. The third kappa shape index (κ3) is 3.08. The minimum absolute atomic E-state index is 0.215. The fraction of sp³-hybridized carbons (Fsp3) is 0.222. The minimum Gasteiger partial charge on any atom is -0.293 e. The number of hydrogen-bond acceptors (Lipinski definition) is 4. The molecule has 0 saturated heterocycles. The molecule has 0 aromatic heterocycles. The first-order chi connectivity index (χ1) is 12.0. The third-order valence-corrected chi connectivity index (χ3v) is 4.78. The van der Waals surface area contributed by atoms with E-state index in [1.54, 1.807) is 0 Å². The number of halogens is 1. The summed E-state index contributed by atoms with van der Waals surface area (Å²) in [4.78, 5) is 27.1. The summed E-state index contributed by atoms with van der Waals surface area (Å²) in [5.74, 6) is -1.29. The lowest BCUT2D eigenvalue weighted by Crippen LogP contribution is -2.47. The molecule has 0 atom stereocenters. The van der Waals surface area contributed by atoms with Crippen molar-refractivity contribution in [2.45, 2.75) is 13.8 Å². The summed E-state index contributed by atoms with van der Waals surface area (Å²) >= 11 is 0. The Balaban J connectivity index is 2.19. The molecule has 0 spiro atoms. The van der Waals surface area contributed by atoms with Gasteiger partial charge in [0.05, 0.1) is 11.9 Å². The smallest absolute Gasteiger partial charge is 0.245 e. The summed E-state index contributed by atoms with van der Waals surface area (Å²) in [6.07, 6.45) is 1.01. The standard InChI is InChI=1S/C18H17FN2O4S/c1-18(2)16(22)14-10-12(20-26(3,24)25)6-9-15(14)21(17(18)23)13-7-4-11(19)5-8-13/h4-10,20H,1-3H3. The van der Waals surface area contributed by atoms with Gasteiger partial charge in [-0.1, -0.05) is 0 Å². The number of benzene rings is 2. The number of sulfonamides is 1. The number of ketones is 1. The second-order valence-corrected chi connectivity index (χ2v) is 8.43. The SMILES string of the molecule is CC1(C)C(=O)c2cc(NS(C)(=O)=O)ccc2N(c2ccc(F)cc2)C1=O. The van der Waals surface area contributed by atoms with Crippen LogP contribution in [0.2, 0.25) is 0 Å². The van der Waals surface area contributed by atoms with Crippen molar-refractivity contribution in [3.8, 4) is 0 Å². The number of hydrogen-bond donors (Lipinski definition) is 1. The molecule has 6 nitrogen and oxygen atoms in total. The molecule has 1 heterocycles. The van der Waals surface area contributed by atoms with Gasteiger partial charge in [0.1, 0.15) is 11.2 Å². The Kier molecular flexibility index (Phi) is 4.11. The van der Waals surface area contributed by atoms with E-state index in [4.69, 9.17) is 0 Å². The maximum absolute atomic E-state index is 13.2. The molecule has 2 aromatic carbocycles. The maximum atomic E-state index is 13.2. The number of Topliss-reactive ketones (excluding diaryl/α,β-unsaturated/α-hetero) is 1.